The molecule has 0 saturated carbocycles. The molecule has 0 aromatic carbocycles. The quantitative estimate of drug-likeness (QED) is 0.781. The third-order valence-electron chi connectivity index (χ3n) is 4.26. The fourth-order valence-corrected chi connectivity index (χ4v) is 1.85. The van der Waals surface area contributed by atoms with Crippen LogP contribution in [0.15, 0.2) is 0 Å². The molecule has 0 aromatic heterocycles. The van der Waals surface area contributed by atoms with Crippen molar-refractivity contribution in [1.82, 2.24) is 6.15 Å². The average Bonchev–Trinajstić information content (AvgIpc) is 1.84. The largest absolute Gasteiger partial charge is 0.870 e. The molecule has 16 heavy (non-hydrogen) atoms. The van der Waals surface area contributed by atoms with Gasteiger partial charge in [-0.1, -0.05) is 41.0 Å². The lowest BCUT2D eigenvalue weighted by atomic mass is 9.57. The molecular weight excluding hydrogens is 204 g/mol. The Kier molecular flexibility index (Phi) is 11.2. The van der Waals surface area contributed by atoms with Gasteiger partial charge in [-0.05, 0) is 25.7 Å². The summed E-state index contributed by atoms with van der Waals surface area (Å²) in [4.78, 5) is 0. The van der Waals surface area contributed by atoms with Crippen LogP contribution in [0, 0.1) is 10.8 Å². The van der Waals surface area contributed by atoms with Gasteiger partial charge < -0.3 is 22.8 Å². The standard InChI is InChI=1S/C12H27N.H3N.2H2O/c1-8-9-10(2,3)11(4,5)12(6,7)13;;;/h8-9,13H2,1-7H3;1H3;2*1H2. The van der Waals surface area contributed by atoms with Crippen LogP contribution in [0.2, 0.25) is 0 Å². The van der Waals surface area contributed by atoms with Crippen molar-refractivity contribution in [1.29, 1.82) is 0 Å². The van der Waals surface area contributed by atoms with E-state index in [9.17, 15) is 0 Å². The van der Waals surface area contributed by atoms with E-state index in [0.29, 0.717) is 5.41 Å². The molecule has 0 radical (unpaired) electrons. The number of hydrogen-bond acceptors (Lipinski definition) is 2. The van der Waals surface area contributed by atoms with Crippen LogP contribution in [0.25, 0.3) is 0 Å². The second kappa shape index (κ2) is 7.22. The van der Waals surface area contributed by atoms with Crippen LogP contribution < -0.4 is 11.9 Å². The predicted molar refractivity (Wildman–Crippen MR) is 69.3 cm³/mol. The first-order chi connectivity index (χ1) is 5.56. The normalized spacial score (nSPS) is 12.0. The molecule has 104 valence electrons. The SMILES string of the molecule is CCCC(C)(C)C(C)(C)C(C)(C)[NH3+].[NH4+].[OH-].[OH-]. The van der Waals surface area contributed by atoms with Gasteiger partial charge in [0.15, 0.2) is 0 Å². The highest BCUT2D eigenvalue weighted by molar-refractivity contribution is 4.95. The van der Waals surface area contributed by atoms with Crippen molar-refractivity contribution in [2.24, 2.45) is 10.8 Å². The molecule has 0 aromatic rings. The summed E-state index contributed by atoms with van der Waals surface area (Å²) in [5, 5.41) is 0. The van der Waals surface area contributed by atoms with Crippen molar-refractivity contribution in [3.05, 3.63) is 0 Å². The van der Waals surface area contributed by atoms with Gasteiger partial charge in [-0.15, -0.1) is 0 Å². The van der Waals surface area contributed by atoms with E-state index in [1.165, 1.54) is 12.8 Å². The maximum absolute atomic E-state index is 4.29. The molecule has 4 nitrogen and oxygen atoms in total. The molecule has 0 unspecified atom stereocenters. The Bertz CT molecular complexity index is 172. The molecule has 0 bridgehead atoms. The van der Waals surface area contributed by atoms with Crippen LogP contribution in [0.4, 0.5) is 0 Å². The fourth-order valence-electron chi connectivity index (χ4n) is 1.85. The molecule has 0 atom stereocenters. The van der Waals surface area contributed by atoms with Gasteiger partial charge in [0.05, 0.1) is 5.54 Å². The minimum absolute atomic E-state index is 0. The Hall–Kier alpha value is -0.160. The van der Waals surface area contributed by atoms with Crippen molar-refractivity contribution in [3.63, 3.8) is 0 Å². The zero-order valence-electron chi connectivity index (χ0n) is 12.5. The molecule has 0 spiro atoms. The summed E-state index contributed by atoms with van der Waals surface area (Å²) in [7, 11) is 0. The molecule has 0 aliphatic carbocycles. The highest BCUT2D eigenvalue weighted by Crippen LogP contribution is 2.47. The van der Waals surface area contributed by atoms with Crippen molar-refractivity contribution >= 4 is 0 Å². The summed E-state index contributed by atoms with van der Waals surface area (Å²) in [6.07, 6.45) is 2.53. The van der Waals surface area contributed by atoms with Gasteiger partial charge in [0.1, 0.15) is 0 Å². The lowest BCUT2D eigenvalue weighted by Gasteiger charge is -2.48. The van der Waals surface area contributed by atoms with Gasteiger partial charge in [-0.25, -0.2) is 0 Å². The lowest BCUT2D eigenvalue weighted by molar-refractivity contribution is -0.501. The highest BCUT2D eigenvalue weighted by atomic mass is 16.0. The molecule has 9 N–H and O–H groups in total. The lowest BCUT2D eigenvalue weighted by Crippen LogP contribution is -2.77. The second-order valence-corrected chi connectivity index (χ2v) is 6.14. The van der Waals surface area contributed by atoms with E-state index in [4.69, 9.17) is 0 Å². The van der Waals surface area contributed by atoms with Gasteiger partial charge in [0.25, 0.3) is 0 Å². The first-order valence-electron chi connectivity index (χ1n) is 5.41. The van der Waals surface area contributed by atoms with Gasteiger partial charge in [0.2, 0.25) is 0 Å². The van der Waals surface area contributed by atoms with E-state index in [2.05, 4.69) is 54.2 Å². The van der Waals surface area contributed by atoms with Gasteiger partial charge in [-0.2, -0.15) is 0 Å². The van der Waals surface area contributed by atoms with Crippen molar-refractivity contribution < 1.29 is 16.7 Å². The zero-order chi connectivity index (χ0) is 10.9. The molecule has 0 saturated heterocycles. The first-order valence-corrected chi connectivity index (χ1v) is 5.41. The Labute approximate surface area is 101 Å². The Morgan fingerprint density at radius 3 is 1.38 bits per heavy atom. The minimum Gasteiger partial charge on any atom is -0.870 e. The minimum atomic E-state index is 0. The Morgan fingerprint density at radius 1 is 0.875 bits per heavy atom. The summed E-state index contributed by atoms with van der Waals surface area (Å²) < 4.78 is 0. The maximum Gasteiger partial charge on any atom is 0.0945 e. The van der Waals surface area contributed by atoms with E-state index in [1.54, 1.807) is 0 Å². The molecule has 4 heteroatoms. The van der Waals surface area contributed by atoms with Crippen LogP contribution >= 0.6 is 0 Å². The Balaban J connectivity index is -0.000000240. The van der Waals surface area contributed by atoms with Crippen LogP contribution in [0.1, 0.15) is 61.3 Å². The molecule has 0 aliphatic heterocycles. The maximum atomic E-state index is 4.29. The molecule has 0 fully saturated rings. The van der Waals surface area contributed by atoms with E-state index >= 15 is 0 Å². The summed E-state index contributed by atoms with van der Waals surface area (Å²) in [5.74, 6) is 0. The third-order valence-corrected chi connectivity index (χ3v) is 4.26. The van der Waals surface area contributed by atoms with Crippen molar-refractivity contribution in [2.75, 3.05) is 0 Å². The van der Waals surface area contributed by atoms with Gasteiger partial charge in [0, 0.05) is 5.41 Å². The zero-order valence-corrected chi connectivity index (χ0v) is 12.5. The van der Waals surface area contributed by atoms with Gasteiger partial charge >= 0.3 is 0 Å². The predicted octanol–water partition coefficient (Wildman–Crippen LogP) is 2.88. The van der Waals surface area contributed by atoms with E-state index in [0.717, 1.165) is 0 Å². The van der Waals surface area contributed by atoms with Crippen LogP contribution in [-0.4, -0.2) is 16.5 Å². The molecule has 0 aliphatic rings. The summed E-state index contributed by atoms with van der Waals surface area (Å²) in [6.45, 7) is 16.2. The fraction of sp³-hybridized carbons (Fsp3) is 1.00. The first kappa shape index (κ1) is 24.9. The Morgan fingerprint density at radius 2 is 1.19 bits per heavy atom. The topological polar surface area (TPSA) is 124 Å². The van der Waals surface area contributed by atoms with Crippen LogP contribution in [0.3, 0.4) is 0 Å². The van der Waals surface area contributed by atoms with E-state index in [1.807, 2.05) is 0 Å². The van der Waals surface area contributed by atoms with E-state index in [-0.39, 0.29) is 28.1 Å². The molecule has 0 amide bonds. The van der Waals surface area contributed by atoms with Crippen molar-refractivity contribution in [2.45, 2.75) is 66.8 Å². The van der Waals surface area contributed by atoms with E-state index < -0.39 is 0 Å². The monoisotopic (exact) mass is 238 g/mol. The molecular formula is C12H34N2O2. The molecule has 0 heterocycles. The summed E-state index contributed by atoms with van der Waals surface area (Å²) in [5.41, 5.74) is 5.06. The number of hydrogen-bond donors (Lipinski definition) is 2. The third kappa shape index (κ3) is 4.78. The second-order valence-electron chi connectivity index (χ2n) is 6.14. The van der Waals surface area contributed by atoms with Crippen molar-refractivity contribution in [3.8, 4) is 0 Å². The van der Waals surface area contributed by atoms with Crippen LogP contribution in [-0.2, 0) is 0 Å². The smallest absolute Gasteiger partial charge is 0.0945 e. The summed E-state index contributed by atoms with van der Waals surface area (Å²) >= 11 is 0. The highest BCUT2D eigenvalue weighted by Gasteiger charge is 2.47. The number of quaternary nitrogens is 2. The molecule has 0 rings (SSSR count). The summed E-state index contributed by atoms with van der Waals surface area (Å²) in [6, 6.07) is 0. The number of rotatable bonds is 4. The average molecular weight is 238 g/mol. The van der Waals surface area contributed by atoms with Gasteiger partial charge in [-0.3, -0.25) is 0 Å². The van der Waals surface area contributed by atoms with Crippen LogP contribution in [0.5, 0.6) is 0 Å².